The molecule has 0 atom stereocenters. The van der Waals surface area contributed by atoms with Gasteiger partial charge in [-0.1, -0.05) is 0 Å². The minimum absolute atomic E-state index is 0.187. The van der Waals surface area contributed by atoms with Gasteiger partial charge in [0.1, 0.15) is 0 Å². The Hall–Kier alpha value is -2.31. The number of nitrogens with zero attached hydrogens (tertiary/aromatic N) is 2. The molecular formula is C13H11F3N2O2. The molecule has 0 radical (unpaired) electrons. The number of hydrogen-bond donors (Lipinski definition) is 1. The molecule has 1 heterocycles. The van der Waals surface area contributed by atoms with E-state index in [4.69, 9.17) is 5.11 Å². The Labute approximate surface area is 112 Å². The van der Waals surface area contributed by atoms with Crippen molar-refractivity contribution in [2.75, 3.05) is 0 Å². The maximum atomic E-state index is 13.1. The summed E-state index contributed by atoms with van der Waals surface area (Å²) in [7, 11) is 0. The summed E-state index contributed by atoms with van der Waals surface area (Å²) in [6.45, 7) is 3.30. The van der Waals surface area contributed by atoms with Gasteiger partial charge in [-0.15, -0.1) is 0 Å². The van der Waals surface area contributed by atoms with Crippen LogP contribution in [0.2, 0.25) is 0 Å². The molecule has 1 aromatic carbocycles. The van der Waals surface area contributed by atoms with E-state index in [-0.39, 0.29) is 5.69 Å². The van der Waals surface area contributed by atoms with E-state index in [1.807, 2.05) is 0 Å². The van der Waals surface area contributed by atoms with Crippen molar-refractivity contribution in [3.8, 4) is 5.69 Å². The van der Waals surface area contributed by atoms with E-state index in [1.54, 1.807) is 19.9 Å². The van der Waals surface area contributed by atoms with Gasteiger partial charge < -0.3 is 5.11 Å². The number of rotatable bonds is 2. The number of aromatic nitrogens is 2. The fourth-order valence-corrected chi connectivity index (χ4v) is 1.95. The minimum Gasteiger partial charge on any atom is -0.478 e. The van der Waals surface area contributed by atoms with Crippen molar-refractivity contribution in [1.29, 1.82) is 0 Å². The van der Waals surface area contributed by atoms with E-state index in [1.165, 1.54) is 0 Å². The lowest BCUT2D eigenvalue weighted by atomic mass is 10.1. The van der Waals surface area contributed by atoms with Gasteiger partial charge in [-0.3, -0.25) is 0 Å². The monoisotopic (exact) mass is 284 g/mol. The fraction of sp³-hybridized carbons (Fsp3) is 0.231. The highest BCUT2D eigenvalue weighted by atomic mass is 19.4. The summed E-state index contributed by atoms with van der Waals surface area (Å²) in [4.78, 5) is 10.8. The molecule has 0 aliphatic heterocycles. The molecule has 1 aromatic heterocycles. The first-order chi connectivity index (χ1) is 9.20. The van der Waals surface area contributed by atoms with Crippen LogP contribution < -0.4 is 0 Å². The number of carboxylic acids is 1. The molecule has 106 valence electrons. The van der Waals surface area contributed by atoms with Gasteiger partial charge in [-0.25, -0.2) is 9.48 Å². The van der Waals surface area contributed by atoms with E-state index in [0.717, 1.165) is 16.8 Å². The molecule has 4 nitrogen and oxygen atoms in total. The zero-order valence-corrected chi connectivity index (χ0v) is 10.7. The molecule has 20 heavy (non-hydrogen) atoms. The summed E-state index contributed by atoms with van der Waals surface area (Å²) >= 11 is 0. The van der Waals surface area contributed by atoms with E-state index < -0.39 is 23.3 Å². The van der Waals surface area contributed by atoms with Gasteiger partial charge in [-0.05, 0) is 38.1 Å². The van der Waals surface area contributed by atoms with Crippen LogP contribution in [0.5, 0.6) is 0 Å². The van der Waals surface area contributed by atoms with Crippen molar-refractivity contribution >= 4 is 5.97 Å². The molecular weight excluding hydrogens is 273 g/mol. The highest BCUT2D eigenvalue weighted by Gasteiger charge is 2.35. The molecule has 0 saturated heterocycles. The smallest absolute Gasteiger partial charge is 0.418 e. The Morgan fingerprint density at radius 2 is 1.90 bits per heavy atom. The van der Waals surface area contributed by atoms with Gasteiger partial charge in [0, 0.05) is 5.69 Å². The molecule has 1 N–H and O–H groups in total. The van der Waals surface area contributed by atoms with Gasteiger partial charge >= 0.3 is 12.1 Å². The van der Waals surface area contributed by atoms with Crippen LogP contribution in [0.15, 0.2) is 24.3 Å². The fourth-order valence-electron chi connectivity index (χ4n) is 1.95. The third-order valence-corrected chi connectivity index (χ3v) is 2.79. The molecule has 0 fully saturated rings. The summed E-state index contributed by atoms with van der Waals surface area (Å²) in [6.07, 6.45) is -4.66. The number of carbonyl (C=O) groups is 1. The lowest BCUT2D eigenvalue weighted by molar-refractivity contribution is -0.137. The first-order valence-electron chi connectivity index (χ1n) is 5.68. The molecule has 0 aliphatic carbocycles. The van der Waals surface area contributed by atoms with E-state index >= 15 is 0 Å². The van der Waals surface area contributed by atoms with Crippen molar-refractivity contribution in [2.45, 2.75) is 20.0 Å². The van der Waals surface area contributed by atoms with Crippen LogP contribution >= 0.6 is 0 Å². The van der Waals surface area contributed by atoms with Crippen LogP contribution in [0.25, 0.3) is 5.69 Å². The Kier molecular flexibility index (Phi) is 3.29. The van der Waals surface area contributed by atoms with E-state index in [9.17, 15) is 18.0 Å². The van der Waals surface area contributed by atoms with Gasteiger partial charge in [0.05, 0.1) is 22.5 Å². The predicted octanol–water partition coefficient (Wildman–Crippen LogP) is 3.21. The normalized spacial score (nSPS) is 11.7. The van der Waals surface area contributed by atoms with Crippen molar-refractivity contribution in [2.24, 2.45) is 0 Å². The van der Waals surface area contributed by atoms with Crippen molar-refractivity contribution in [3.05, 3.63) is 46.8 Å². The Morgan fingerprint density at radius 1 is 1.25 bits per heavy atom. The lowest BCUT2D eigenvalue weighted by Gasteiger charge is -2.14. The topological polar surface area (TPSA) is 55.1 Å². The quantitative estimate of drug-likeness (QED) is 0.921. The van der Waals surface area contributed by atoms with Crippen LogP contribution in [0.1, 0.15) is 27.3 Å². The molecule has 0 saturated carbocycles. The third kappa shape index (κ3) is 2.52. The highest BCUT2D eigenvalue weighted by molar-refractivity contribution is 5.88. The Balaban J connectivity index is 2.70. The zero-order valence-electron chi connectivity index (χ0n) is 10.7. The molecule has 2 aromatic rings. The van der Waals surface area contributed by atoms with Gasteiger partial charge in [-0.2, -0.15) is 18.3 Å². The molecule has 2 rings (SSSR count). The third-order valence-electron chi connectivity index (χ3n) is 2.79. The maximum Gasteiger partial charge on any atom is 0.418 e. The van der Waals surface area contributed by atoms with Gasteiger partial charge in [0.2, 0.25) is 0 Å². The second-order valence-electron chi connectivity index (χ2n) is 4.37. The molecule has 0 bridgehead atoms. The van der Waals surface area contributed by atoms with Crippen LogP contribution in [0.3, 0.4) is 0 Å². The van der Waals surface area contributed by atoms with Gasteiger partial charge in [0.15, 0.2) is 0 Å². The number of aromatic carboxylic acids is 1. The minimum atomic E-state index is -4.66. The van der Waals surface area contributed by atoms with Crippen LogP contribution in [0.4, 0.5) is 13.2 Å². The van der Waals surface area contributed by atoms with Crippen LogP contribution in [-0.2, 0) is 6.18 Å². The molecule has 0 amide bonds. The van der Waals surface area contributed by atoms with Crippen molar-refractivity contribution in [3.63, 3.8) is 0 Å². The summed E-state index contributed by atoms with van der Waals surface area (Å²) in [6, 6.07) is 4.51. The number of hydrogen-bond acceptors (Lipinski definition) is 2. The standard InChI is InChI=1S/C13H11F3N2O2/c1-7-5-8(2)18(17-7)11-4-3-9(12(19)20)6-10(11)13(14,15)16/h3-6H,1-2H3,(H,19,20). The molecule has 0 spiro atoms. The van der Waals surface area contributed by atoms with Gasteiger partial charge in [0.25, 0.3) is 0 Å². The summed E-state index contributed by atoms with van der Waals surface area (Å²) in [5.41, 5.74) is -0.506. The summed E-state index contributed by atoms with van der Waals surface area (Å²) < 4.78 is 40.4. The number of halogens is 3. The molecule has 0 unspecified atom stereocenters. The average molecular weight is 284 g/mol. The number of alkyl halides is 3. The van der Waals surface area contributed by atoms with Crippen LogP contribution in [-0.4, -0.2) is 20.9 Å². The predicted molar refractivity (Wildman–Crippen MR) is 65.0 cm³/mol. The number of carboxylic acid groups (broad SMARTS) is 1. The number of benzene rings is 1. The van der Waals surface area contributed by atoms with E-state index in [0.29, 0.717) is 17.5 Å². The summed E-state index contributed by atoms with van der Waals surface area (Å²) in [5.74, 6) is -1.41. The molecule has 7 heteroatoms. The zero-order chi connectivity index (χ0) is 15.1. The lowest BCUT2D eigenvalue weighted by Crippen LogP contribution is -2.14. The second-order valence-corrected chi connectivity index (χ2v) is 4.37. The van der Waals surface area contributed by atoms with E-state index in [2.05, 4.69) is 5.10 Å². The van der Waals surface area contributed by atoms with Crippen molar-refractivity contribution < 1.29 is 23.1 Å². The Morgan fingerprint density at radius 3 is 2.35 bits per heavy atom. The van der Waals surface area contributed by atoms with Crippen LogP contribution in [0, 0.1) is 13.8 Å². The number of aryl methyl sites for hydroxylation is 2. The Bertz CT molecular complexity index is 675. The maximum absolute atomic E-state index is 13.1. The van der Waals surface area contributed by atoms with Crippen molar-refractivity contribution in [1.82, 2.24) is 9.78 Å². The SMILES string of the molecule is Cc1cc(C)n(-c2ccc(C(=O)O)cc2C(F)(F)F)n1. The largest absolute Gasteiger partial charge is 0.478 e. The first-order valence-corrected chi connectivity index (χ1v) is 5.68. The highest BCUT2D eigenvalue weighted by Crippen LogP contribution is 2.34. The first kappa shape index (κ1) is 14.1. The second kappa shape index (κ2) is 4.66. The summed E-state index contributed by atoms with van der Waals surface area (Å²) in [5, 5.41) is 12.8. The molecule has 0 aliphatic rings. The average Bonchev–Trinajstić information content (AvgIpc) is 2.66.